The summed E-state index contributed by atoms with van der Waals surface area (Å²) in [4.78, 5) is 13.9. The summed E-state index contributed by atoms with van der Waals surface area (Å²) < 4.78 is 0. The molecule has 1 unspecified atom stereocenters. The number of hydrogen-bond acceptors (Lipinski definition) is 6. The van der Waals surface area contributed by atoms with E-state index in [0.29, 0.717) is 15.4 Å². The number of thioether (sulfide) groups is 1. The van der Waals surface area contributed by atoms with Gasteiger partial charge in [-0.25, -0.2) is 0 Å². The highest BCUT2D eigenvalue weighted by Gasteiger charge is 2.24. The van der Waals surface area contributed by atoms with Crippen LogP contribution in [0, 0.1) is 0 Å². The molecule has 0 bridgehead atoms. The molecule has 7 heteroatoms. The molecular formula is C9H14N4OS2. The van der Waals surface area contributed by atoms with Crippen molar-refractivity contribution in [1.82, 2.24) is 15.1 Å². The molecule has 1 N–H and O–H groups in total. The van der Waals surface area contributed by atoms with E-state index >= 15 is 0 Å². The summed E-state index contributed by atoms with van der Waals surface area (Å²) >= 11 is 3.21. The Morgan fingerprint density at radius 3 is 3.00 bits per heavy atom. The van der Waals surface area contributed by atoms with Crippen LogP contribution in [0.15, 0.2) is 0 Å². The molecule has 1 amide bonds. The van der Waals surface area contributed by atoms with Crippen LogP contribution in [-0.4, -0.2) is 52.1 Å². The second-order valence-electron chi connectivity index (χ2n) is 3.59. The third kappa shape index (κ3) is 2.46. The van der Waals surface area contributed by atoms with Crippen molar-refractivity contribution in [3.05, 3.63) is 5.01 Å². The van der Waals surface area contributed by atoms with Crippen molar-refractivity contribution >= 4 is 34.1 Å². The molecule has 0 spiro atoms. The van der Waals surface area contributed by atoms with Crippen LogP contribution >= 0.6 is 23.1 Å². The van der Waals surface area contributed by atoms with Crippen molar-refractivity contribution in [2.45, 2.75) is 12.2 Å². The van der Waals surface area contributed by atoms with E-state index < -0.39 is 0 Å². The maximum atomic E-state index is 12.1. The number of carbonyl (C=O) groups excluding carboxylic acids is 1. The molecule has 1 aliphatic heterocycles. The van der Waals surface area contributed by atoms with Gasteiger partial charge in [0, 0.05) is 31.1 Å². The van der Waals surface area contributed by atoms with Crippen molar-refractivity contribution in [3.63, 3.8) is 0 Å². The normalized spacial score (nSPS) is 20.9. The molecule has 0 aliphatic carbocycles. The van der Waals surface area contributed by atoms with Crippen molar-refractivity contribution in [3.8, 4) is 0 Å². The molecule has 1 aliphatic rings. The highest BCUT2D eigenvalue weighted by Crippen LogP contribution is 2.21. The van der Waals surface area contributed by atoms with Gasteiger partial charge in [-0.05, 0) is 0 Å². The minimum absolute atomic E-state index is 0.00569. The third-order valence-electron chi connectivity index (χ3n) is 2.35. The Morgan fingerprint density at radius 1 is 1.56 bits per heavy atom. The number of nitrogens with zero attached hydrogens (tertiary/aromatic N) is 3. The summed E-state index contributed by atoms with van der Waals surface area (Å²) in [5.41, 5.74) is 0. The number of nitrogens with one attached hydrogen (secondary N) is 1. The van der Waals surface area contributed by atoms with Gasteiger partial charge in [0.25, 0.3) is 5.91 Å². The van der Waals surface area contributed by atoms with Crippen LogP contribution in [0.3, 0.4) is 0 Å². The Labute approximate surface area is 103 Å². The van der Waals surface area contributed by atoms with Gasteiger partial charge in [-0.15, -0.1) is 10.2 Å². The van der Waals surface area contributed by atoms with Gasteiger partial charge in [-0.1, -0.05) is 18.3 Å². The molecular weight excluding hydrogens is 244 g/mol. The zero-order chi connectivity index (χ0) is 11.5. The van der Waals surface area contributed by atoms with Crippen LogP contribution in [0.1, 0.15) is 16.7 Å². The summed E-state index contributed by atoms with van der Waals surface area (Å²) in [6, 6.07) is 0. The Morgan fingerprint density at radius 2 is 2.38 bits per heavy atom. The summed E-state index contributed by atoms with van der Waals surface area (Å²) in [5, 5.41) is 12.3. The van der Waals surface area contributed by atoms with Gasteiger partial charge in [-0.3, -0.25) is 4.79 Å². The Kier molecular flexibility index (Phi) is 3.65. The lowest BCUT2D eigenvalue weighted by Gasteiger charge is -2.29. The first-order valence-electron chi connectivity index (χ1n) is 5.13. The van der Waals surface area contributed by atoms with E-state index in [1.54, 1.807) is 7.05 Å². The number of amides is 1. The monoisotopic (exact) mass is 258 g/mol. The minimum Gasteiger partial charge on any atom is -0.363 e. The van der Waals surface area contributed by atoms with Gasteiger partial charge in [0.15, 0.2) is 0 Å². The second-order valence-corrected chi connectivity index (χ2v) is 6.12. The number of anilines is 1. The van der Waals surface area contributed by atoms with E-state index in [1.165, 1.54) is 11.3 Å². The lowest BCUT2D eigenvalue weighted by molar-refractivity contribution is 0.0762. The van der Waals surface area contributed by atoms with Gasteiger partial charge in [-0.2, -0.15) is 11.8 Å². The van der Waals surface area contributed by atoms with E-state index in [9.17, 15) is 4.79 Å². The molecule has 0 aromatic carbocycles. The number of aromatic nitrogens is 2. The number of hydrogen-bond donors (Lipinski definition) is 1. The smallest absolute Gasteiger partial charge is 0.284 e. The molecule has 1 saturated heterocycles. The van der Waals surface area contributed by atoms with Gasteiger partial charge >= 0.3 is 0 Å². The van der Waals surface area contributed by atoms with Gasteiger partial charge < -0.3 is 10.2 Å². The zero-order valence-corrected chi connectivity index (χ0v) is 10.9. The first kappa shape index (κ1) is 11.7. The topological polar surface area (TPSA) is 58.1 Å². The molecule has 1 aromatic heterocycles. The van der Waals surface area contributed by atoms with Crippen LogP contribution in [0.25, 0.3) is 0 Å². The maximum Gasteiger partial charge on any atom is 0.284 e. The summed E-state index contributed by atoms with van der Waals surface area (Å²) in [7, 11) is 1.77. The van der Waals surface area contributed by atoms with Crippen LogP contribution in [0.5, 0.6) is 0 Å². The average Bonchev–Trinajstić information content (AvgIpc) is 2.76. The quantitative estimate of drug-likeness (QED) is 0.862. The van der Waals surface area contributed by atoms with Crippen molar-refractivity contribution in [2.75, 3.05) is 31.2 Å². The van der Waals surface area contributed by atoms with E-state index in [1.807, 2.05) is 16.7 Å². The van der Waals surface area contributed by atoms with E-state index in [4.69, 9.17) is 0 Å². The van der Waals surface area contributed by atoms with Crippen LogP contribution in [0.2, 0.25) is 0 Å². The molecule has 1 fully saturated rings. The van der Waals surface area contributed by atoms with E-state index in [0.717, 1.165) is 18.8 Å². The van der Waals surface area contributed by atoms with Crippen LogP contribution in [-0.2, 0) is 0 Å². The zero-order valence-electron chi connectivity index (χ0n) is 9.27. The Bertz CT molecular complexity index is 381. The SMILES string of the molecule is CNc1nnc(C(=O)N2CCSC(C)C2)s1. The molecule has 1 aromatic rings. The van der Waals surface area contributed by atoms with Crippen LogP contribution in [0.4, 0.5) is 5.13 Å². The first-order chi connectivity index (χ1) is 7.70. The second kappa shape index (κ2) is 5.01. The lowest BCUT2D eigenvalue weighted by atomic mass is 10.3. The van der Waals surface area contributed by atoms with Crippen molar-refractivity contribution < 1.29 is 4.79 Å². The summed E-state index contributed by atoms with van der Waals surface area (Å²) in [6.07, 6.45) is 0. The van der Waals surface area contributed by atoms with Gasteiger partial charge in [0.2, 0.25) is 10.1 Å². The molecule has 88 valence electrons. The van der Waals surface area contributed by atoms with E-state index in [2.05, 4.69) is 22.4 Å². The lowest BCUT2D eigenvalue weighted by Crippen LogP contribution is -2.41. The number of carbonyl (C=O) groups is 1. The first-order valence-corrected chi connectivity index (χ1v) is 6.99. The fourth-order valence-corrected chi connectivity index (χ4v) is 3.23. The highest BCUT2D eigenvalue weighted by atomic mass is 32.2. The standard InChI is InChI=1S/C9H14N4OS2/c1-6-5-13(3-4-15-6)8(14)7-11-12-9(10-2)16-7/h6H,3-5H2,1-2H3,(H,10,12). The van der Waals surface area contributed by atoms with Crippen LogP contribution < -0.4 is 5.32 Å². The Hall–Kier alpha value is -0.820. The molecule has 16 heavy (non-hydrogen) atoms. The largest absolute Gasteiger partial charge is 0.363 e. The van der Waals surface area contributed by atoms with E-state index in [-0.39, 0.29) is 5.91 Å². The van der Waals surface area contributed by atoms with Gasteiger partial charge in [0.1, 0.15) is 0 Å². The molecule has 1 atom stereocenters. The average molecular weight is 258 g/mol. The molecule has 5 nitrogen and oxygen atoms in total. The molecule has 2 rings (SSSR count). The molecule has 2 heterocycles. The van der Waals surface area contributed by atoms with Crippen molar-refractivity contribution in [2.24, 2.45) is 0 Å². The van der Waals surface area contributed by atoms with Crippen molar-refractivity contribution in [1.29, 1.82) is 0 Å². The fraction of sp³-hybridized carbons (Fsp3) is 0.667. The fourth-order valence-electron chi connectivity index (χ4n) is 1.55. The third-order valence-corrected chi connectivity index (χ3v) is 4.42. The Balaban J connectivity index is 2.06. The molecule has 0 saturated carbocycles. The minimum atomic E-state index is 0.00569. The van der Waals surface area contributed by atoms with Gasteiger partial charge in [0.05, 0.1) is 0 Å². The highest BCUT2D eigenvalue weighted by molar-refractivity contribution is 7.99. The summed E-state index contributed by atoms with van der Waals surface area (Å²) in [5.74, 6) is 1.01. The predicted molar refractivity (Wildman–Crippen MR) is 67.3 cm³/mol. The molecule has 0 radical (unpaired) electrons. The number of rotatable bonds is 2. The predicted octanol–water partition coefficient (Wildman–Crippen LogP) is 1.16. The summed E-state index contributed by atoms with van der Waals surface area (Å²) in [6.45, 7) is 3.75. The maximum absolute atomic E-state index is 12.1.